The largest absolute Gasteiger partial charge is 0.491 e. The van der Waals surface area contributed by atoms with Gasteiger partial charge < -0.3 is 19.1 Å². The smallest absolute Gasteiger partial charge is 0.148 e. The Morgan fingerprint density at radius 2 is 1.60 bits per heavy atom. The van der Waals surface area contributed by atoms with E-state index < -0.39 is 6.10 Å². The summed E-state index contributed by atoms with van der Waals surface area (Å²) in [5, 5.41) is 11.3. The molecule has 0 spiro atoms. The first-order chi connectivity index (χ1) is 14.6. The monoisotopic (exact) mass is 422 g/mol. The molecule has 0 aliphatic rings. The molecule has 0 saturated heterocycles. The molecule has 1 N–H and O–H groups in total. The van der Waals surface area contributed by atoms with Crippen LogP contribution in [0.4, 0.5) is 0 Å². The van der Waals surface area contributed by atoms with E-state index in [0.717, 1.165) is 28.2 Å². The lowest BCUT2D eigenvalue weighted by molar-refractivity contribution is 0.0917. The number of fused-ring (bicyclic) bond motifs is 1. The van der Waals surface area contributed by atoms with E-state index in [0.29, 0.717) is 17.3 Å². The Morgan fingerprint density at radius 3 is 2.37 bits per heavy atom. The third-order valence-electron chi connectivity index (χ3n) is 4.77. The third kappa shape index (κ3) is 4.93. The molecular formula is C24H23ClN2O3. The zero-order valence-electron chi connectivity index (χ0n) is 16.7. The number of halogens is 1. The van der Waals surface area contributed by atoms with Crippen LogP contribution in [0.1, 0.15) is 11.4 Å². The van der Waals surface area contributed by atoms with E-state index >= 15 is 0 Å². The highest BCUT2D eigenvalue weighted by molar-refractivity contribution is 6.30. The molecule has 4 rings (SSSR count). The number of nitrogens with zero attached hydrogens (tertiary/aromatic N) is 2. The van der Waals surface area contributed by atoms with E-state index in [1.165, 1.54) is 0 Å². The number of imidazole rings is 1. The Labute approximate surface area is 180 Å². The van der Waals surface area contributed by atoms with Crippen molar-refractivity contribution in [2.75, 3.05) is 6.61 Å². The van der Waals surface area contributed by atoms with Crippen LogP contribution in [0.15, 0.2) is 72.8 Å². The molecular weight excluding hydrogens is 400 g/mol. The summed E-state index contributed by atoms with van der Waals surface area (Å²) in [6.07, 6.45) is -0.696. The van der Waals surface area contributed by atoms with Gasteiger partial charge in [0, 0.05) is 5.02 Å². The molecule has 0 aliphatic heterocycles. The van der Waals surface area contributed by atoms with E-state index in [1.54, 1.807) is 12.1 Å². The van der Waals surface area contributed by atoms with Crippen molar-refractivity contribution in [2.45, 2.75) is 26.2 Å². The van der Waals surface area contributed by atoms with Gasteiger partial charge in [-0.05, 0) is 55.5 Å². The highest BCUT2D eigenvalue weighted by Gasteiger charge is 2.15. The first kappa shape index (κ1) is 20.3. The number of aliphatic hydroxyl groups excluding tert-OH is 1. The van der Waals surface area contributed by atoms with Gasteiger partial charge in [0.15, 0.2) is 0 Å². The maximum absolute atomic E-state index is 10.6. The average molecular weight is 423 g/mol. The molecule has 3 aromatic carbocycles. The van der Waals surface area contributed by atoms with Gasteiger partial charge >= 0.3 is 0 Å². The maximum atomic E-state index is 10.6. The number of hydrogen-bond donors (Lipinski definition) is 1. The van der Waals surface area contributed by atoms with Crippen LogP contribution in [0.25, 0.3) is 11.0 Å². The van der Waals surface area contributed by atoms with Gasteiger partial charge in [0.1, 0.15) is 36.6 Å². The number of benzene rings is 3. The van der Waals surface area contributed by atoms with Crippen LogP contribution in [0.5, 0.6) is 11.5 Å². The van der Waals surface area contributed by atoms with E-state index in [2.05, 4.69) is 4.98 Å². The predicted octanol–water partition coefficient (Wildman–Crippen LogP) is 5.02. The number of hydrogen-bond acceptors (Lipinski definition) is 4. The van der Waals surface area contributed by atoms with Crippen molar-refractivity contribution in [2.24, 2.45) is 0 Å². The number of rotatable bonds is 8. The number of para-hydroxylation sites is 2. The lowest BCUT2D eigenvalue weighted by Gasteiger charge is -2.16. The van der Waals surface area contributed by atoms with Gasteiger partial charge in [0.2, 0.25) is 0 Å². The van der Waals surface area contributed by atoms with Crippen molar-refractivity contribution in [1.29, 1.82) is 0 Å². The van der Waals surface area contributed by atoms with Crippen LogP contribution < -0.4 is 9.47 Å². The van der Waals surface area contributed by atoms with E-state index in [4.69, 9.17) is 21.1 Å². The van der Waals surface area contributed by atoms with Gasteiger partial charge in [-0.2, -0.15) is 0 Å². The number of aromatic nitrogens is 2. The van der Waals surface area contributed by atoms with Crippen LogP contribution in [-0.4, -0.2) is 27.4 Å². The van der Waals surface area contributed by atoms with E-state index in [1.807, 2.05) is 72.2 Å². The second-order valence-corrected chi connectivity index (χ2v) is 7.58. The van der Waals surface area contributed by atoms with Crippen molar-refractivity contribution in [1.82, 2.24) is 9.55 Å². The summed E-state index contributed by atoms with van der Waals surface area (Å²) in [7, 11) is 0. The molecule has 1 atom stereocenters. The SMILES string of the molecule is Cc1ccc(OC[C@@H](O)Cn2c(COc3ccc(Cl)cc3)nc3ccccc32)cc1. The molecule has 0 aliphatic carbocycles. The Hall–Kier alpha value is -3.02. The van der Waals surface area contributed by atoms with Crippen molar-refractivity contribution in [3.05, 3.63) is 89.2 Å². The summed E-state index contributed by atoms with van der Waals surface area (Å²) in [4.78, 5) is 4.69. The fourth-order valence-electron chi connectivity index (χ4n) is 3.21. The molecule has 0 unspecified atom stereocenters. The molecule has 30 heavy (non-hydrogen) atoms. The molecule has 4 aromatic rings. The fourth-order valence-corrected chi connectivity index (χ4v) is 3.33. The second-order valence-electron chi connectivity index (χ2n) is 7.15. The average Bonchev–Trinajstić information content (AvgIpc) is 3.10. The number of aliphatic hydroxyl groups is 1. The molecule has 154 valence electrons. The highest BCUT2D eigenvalue weighted by atomic mass is 35.5. The van der Waals surface area contributed by atoms with Crippen molar-refractivity contribution in [3.63, 3.8) is 0 Å². The summed E-state index contributed by atoms with van der Waals surface area (Å²) in [6, 6.07) is 22.8. The summed E-state index contributed by atoms with van der Waals surface area (Å²) >= 11 is 5.93. The van der Waals surface area contributed by atoms with E-state index in [9.17, 15) is 5.11 Å². The maximum Gasteiger partial charge on any atom is 0.148 e. The van der Waals surface area contributed by atoms with Gasteiger partial charge in [-0.3, -0.25) is 0 Å². The Kier molecular flexibility index (Phi) is 6.21. The van der Waals surface area contributed by atoms with Crippen LogP contribution in [0, 0.1) is 6.92 Å². The zero-order chi connectivity index (χ0) is 20.9. The Balaban J connectivity index is 1.47. The summed E-state index contributed by atoms with van der Waals surface area (Å²) in [5.41, 5.74) is 2.97. The molecule has 1 aromatic heterocycles. The fraction of sp³-hybridized carbons (Fsp3) is 0.208. The van der Waals surface area contributed by atoms with Crippen molar-refractivity contribution in [3.8, 4) is 11.5 Å². The minimum absolute atomic E-state index is 0.188. The zero-order valence-corrected chi connectivity index (χ0v) is 17.4. The standard InChI is InChI=1S/C24H23ClN2O3/c1-17-6-10-20(11-7-17)29-15-19(28)14-27-23-5-3-2-4-22(23)26-24(27)16-30-21-12-8-18(25)9-13-21/h2-13,19,28H,14-16H2,1H3/t19-/m0/s1. The van der Waals surface area contributed by atoms with Crippen molar-refractivity contribution < 1.29 is 14.6 Å². The highest BCUT2D eigenvalue weighted by Crippen LogP contribution is 2.21. The predicted molar refractivity (Wildman–Crippen MR) is 118 cm³/mol. The van der Waals surface area contributed by atoms with Crippen LogP contribution in [-0.2, 0) is 13.2 Å². The van der Waals surface area contributed by atoms with Crippen LogP contribution in [0.2, 0.25) is 5.02 Å². The lowest BCUT2D eigenvalue weighted by Crippen LogP contribution is -2.25. The third-order valence-corrected chi connectivity index (χ3v) is 5.02. The van der Waals surface area contributed by atoms with Gasteiger partial charge in [0.05, 0.1) is 17.6 Å². The van der Waals surface area contributed by atoms with Crippen molar-refractivity contribution >= 4 is 22.6 Å². The molecule has 0 bridgehead atoms. The molecule has 0 saturated carbocycles. The van der Waals surface area contributed by atoms with Gasteiger partial charge in [-0.15, -0.1) is 0 Å². The van der Waals surface area contributed by atoms with Gasteiger partial charge in [-0.25, -0.2) is 4.98 Å². The summed E-state index contributed by atoms with van der Waals surface area (Å²) in [5.74, 6) is 2.18. The molecule has 0 radical (unpaired) electrons. The van der Waals surface area contributed by atoms with Gasteiger partial charge in [0.25, 0.3) is 0 Å². The lowest BCUT2D eigenvalue weighted by atomic mass is 10.2. The second kappa shape index (κ2) is 9.20. The van der Waals surface area contributed by atoms with Crippen LogP contribution >= 0.6 is 11.6 Å². The van der Waals surface area contributed by atoms with Crippen LogP contribution in [0.3, 0.4) is 0 Å². The molecule has 0 amide bonds. The van der Waals surface area contributed by atoms with Gasteiger partial charge in [-0.1, -0.05) is 41.4 Å². The number of aryl methyl sites for hydroxylation is 1. The Bertz CT molecular complexity index is 1110. The van der Waals surface area contributed by atoms with E-state index in [-0.39, 0.29) is 13.2 Å². The molecule has 5 nitrogen and oxygen atoms in total. The topological polar surface area (TPSA) is 56.5 Å². The Morgan fingerprint density at radius 1 is 0.933 bits per heavy atom. The minimum Gasteiger partial charge on any atom is -0.491 e. The number of ether oxygens (including phenoxy) is 2. The first-order valence-corrected chi connectivity index (χ1v) is 10.2. The first-order valence-electron chi connectivity index (χ1n) is 9.78. The minimum atomic E-state index is -0.696. The summed E-state index contributed by atoms with van der Waals surface area (Å²) < 4.78 is 13.6. The molecule has 1 heterocycles. The summed E-state index contributed by atoms with van der Waals surface area (Å²) in [6.45, 7) is 2.84. The molecule has 0 fully saturated rings. The normalized spacial score (nSPS) is 12.1. The quantitative estimate of drug-likeness (QED) is 0.433. The molecule has 6 heteroatoms.